The van der Waals surface area contributed by atoms with Gasteiger partial charge >= 0.3 is 0 Å². The third kappa shape index (κ3) is 3.79. The van der Waals surface area contributed by atoms with Crippen LogP contribution < -0.4 is 15.9 Å². The van der Waals surface area contributed by atoms with E-state index in [2.05, 4.69) is 91.9 Å². The normalized spacial score (nSPS) is 10.2. The quantitative estimate of drug-likeness (QED) is 0.645. The standard InChI is InChI=1S/C19H17P.H3P/c1-16-12-14-19(15-13-16)20(17-8-4-2-5-9-17)18-10-6-3-7-11-18;/h2-15H,1H3;1H3. The zero-order valence-corrected chi connectivity index (χ0v) is 14.5. The fourth-order valence-electron chi connectivity index (χ4n) is 2.30. The fraction of sp³-hybridized carbons (Fsp3) is 0.0526. The van der Waals surface area contributed by atoms with Crippen molar-refractivity contribution in [1.82, 2.24) is 0 Å². The Morgan fingerprint density at radius 1 is 0.524 bits per heavy atom. The van der Waals surface area contributed by atoms with E-state index >= 15 is 0 Å². The fourth-order valence-corrected chi connectivity index (χ4v) is 4.58. The molecule has 0 saturated heterocycles. The number of hydrogen-bond donors (Lipinski definition) is 0. The summed E-state index contributed by atoms with van der Waals surface area (Å²) in [6.45, 7) is 2.14. The molecule has 106 valence electrons. The first-order valence-electron chi connectivity index (χ1n) is 6.81. The molecule has 3 aromatic carbocycles. The SMILES string of the molecule is Cc1ccc(P(c2ccccc2)c2ccccc2)cc1.P. The van der Waals surface area contributed by atoms with Gasteiger partial charge in [0, 0.05) is 0 Å². The summed E-state index contributed by atoms with van der Waals surface area (Å²) in [5.74, 6) is 0. The monoisotopic (exact) mass is 310 g/mol. The van der Waals surface area contributed by atoms with Crippen LogP contribution in [0.3, 0.4) is 0 Å². The van der Waals surface area contributed by atoms with Crippen molar-refractivity contribution in [3.05, 3.63) is 90.5 Å². The Kier molecular flexibility index (Phi) is 5.68. The van der Waals surface area contributed by atoms with Crippen LogP contribution in [-0.4, -0.2) is 0 Å². The lowest BCUT2D eigenvalue weighted by Gasteiger charge is -2.19. The van der Waals surface area contributed by atoms with Gasteiger partial charge in [-0.3, -0.25) is 0 Å². The second kappa shape index (κ2) is 7.51. The van der Waals surface area contributed by atoms with E-state index in [0.29, 0.717) is 0 Å². The zero-order chi connectivity index (χ0) is 13.8. The first-order chi connectivity index (χ1) is 9.84. The minimum atomic E-state index is -0.458. The van der Waals surface area contributed by atoms with E-state index in [-0.39, 0.29) is 9.90 Å². The summed E-state index contributed by atoms with van der Waals surface area (Å²) in [5, 5.41) is 4.21. The molecular formula is C19H20P2. The average molecular weight is 310 g/mol. The molecule has 0 nitrogen and oxygen atoms in total. The van der Waals surface area contributed by atoms with Gasteiger partial charge in [-0.05, 0) is 30.8 Å². The highest BCUT2D eigenvalue weighted by Gasteiger charge is 2.15. The first kappa shape index (κ1) is 15.9. The highest BCUT2D eigenvalue weighted by atomic mass is 31.1. The lowest BCUT2D eigenvalue weighted by molar-refractivity contribution is 1.49. The van der Waals surface area contributed by atoms with E-state index in [1.165, 1.54) is 21.5 Å². The van der Waals surface area contributed by atoms with Gasteiger partial charge in [-0.25, -0.2) is 0 Å². The summed E-state index contributed by atoms with van der Waals surface area (Å²) < 4.78 is 0. The Morgan fingerprint density at radius 3 is 1.33 bits per heavy atom. The van der Waals surface area contributed by atoms with Gasteiger partial charge in [0.15, 0.2) is 0 Å². The van der Waals surface area contributed by atoms with Crippen LogP contribution in [0.15, 0.2) is 84.9 Å². The molecule has 0 aliphatic rings. The van der Waals surface area contributed by atoms with Crippen LogP contribution in [0.4, 0.5) is 0 Å². The molecular weight excluding hydrogens is 290 g/mol. The summed E-state index contributed by atoms with van der Waals surface area (Å²) in [6, 6.07) is 30.5. The van der Waals surface area contributed by atoms with E-state index < -0.39 is 7.92 Å². The van der Waals surface area contributed by atoms with Crippen molar-refractivity contribution >= 4 is 33.7 Å². The lowest BCUT2D eigenvalue weighted by atomic mass is 10.2. The largest absolute Gasteiger partial charge is 0.153 e. The summed E-state index contributed by atoms with van der Waals surface area (Å²) in [7, 11) is -0.458. The highest BCUT2D eigenvalue weighted by molar-refractivity contribution is 7.79. The van der Waals surface area contributed by atoms with Crippen molar-refractivity contribution in [2.24, 2.45) is 0 Å². The third-order valence-corrected chi connectivity index (χ3v) is 5.76. The van der Waals surface area contributed by atoms with E-state index in [4.69, 9.17) is 0 Å². The molecule has 0 spiro atoms. The van der Waals surface area contributed by atoms with Crippen molar-refractivity contribution in [3.63, 3.8) is 0 Å². The summed E-state index contributed by atoms with van der Waals surface area (Å²) in [6.07, 6.45) is 0. The molecule has 0 amide bonds. The first-order valence-corrected chi connectivity index (χ1v) is 8.16. The smallest absolute Gasteiger partial charge is 0.0134 e. The molecule has 2 heteroatoms. The molecule has 0 saturated carbocycles. The van der Waals surface area contributed by atoms with E-state index in [0.717, 1.165) is 0 Å². The van der Waals surface area contributed by atoms with Gasteiger partial charge < -0.3 is 0 Å². The molecule has 0 aliphatic carbocycles. The van der Waals surface area contributed by atoms with Crippen LogP contribution in [-0.2, 0) is 0 Å². The number of aryl methyl sites for hydroxylation is 1. The molecule has 21 heavy (non-hydrogen) atoms. The Labute approximate surface area is 131 Å². The summed E-state index contributed by atoms with van der Waals surface area (Å²) in [5.41, 5.74) is 1.31. The van der Waals surface area contributed by atoms with E-state index in [1.54, 1.807) is 0 Å². The van der Waals surface area contributed by atoms with E-state index in [9.17, 15) is 0 Å². The van der Waals surface area contributed by atoms with Gasteiger partial charge in [-0.15, -0.1) is 0 Å². The Morgan fingerprint density at radius 2 is 0.905 bits per heavy atom. The molecule has 3 rings (SSSR count). The van der Waals surface area contributed by atoms with E-state index in [1.807, 2.05) is 0 Å². The average Bonchev–Trinajstić information content (AvgIpc) is 2.52. The van der Waals surface area contributed by atoms with Crippen molar-refractivity contribution in [3.8, 4) is 0 Å². The highest BCUT2D eigenvalue weighted by Crippen LogP contribution is 2.32. The van der Waals surface area contributed by atoms with Gasteiger partial charge in [0.1, 0.15) is 0 Å². The summed E-state index contributed by atoms with van der Waals surface area (Å²) >= 11 is 0. The van der Waals surface area contributed by atoms with Gasteiger partial charge in [-0.2, -0.15) is 9.90 Å². The number of benzene rings is 3. The second-order valence-corrected chi connectivity index (χ2v) is 7.06. The third-order valence-electron chi connectivity index (χ3n) is 3.32. The van der Waals surface area contributed by atoms with Gasteiger partial charge in [-0.1, -0.05) is 90.5 Å². The Bertz CT molecular complexity index is 621. The van der Waals surface area contributed by atoms with Crippen LogP contribution in [0.5, 0.6) is 0 Å². The Balaban J connectivity index is 0.00000161. The van der Waals surface area contributed by atoms with Crippen LogP contribution in [0, 0.1) is 6.92 Å². The maximum Gasteiger partial charge on any atom is -0.0134 e. The van der Waals surface area contributed by atoms with Gasteiger partial charge in [0.05, 0.1) is 0 Å². The molecule has 0 aromatic heterocycles. The van der Waals surface area contributed by atoms with Crippen molar-refractivity contribution in [1.29, 1.82) is 0 Å². The molecule has 1 atom stereocenters. The van der Waals surface area contributed by atoms with Gasteiger partial charge in [0.2, 0.25) is 0 Å². The van der Waals surface area contributed by atoms with Crippen molar-refractivity contribution in [2.45, 2.75) is 6.92 Å². The Hall–Kier alpha value is -1.48. The van der Waals surface area contributed by atoms with Crippen LogP contribution in [0.2, 0.25) is 0 Å². The maximum atomic E-state index is 2.26. The van der Waals surface area contributed by atoms with Crippen LogP contribution >= 0.6 is 17.8 Å². The topological polar surface area (TPSA) is 0 Å². The van der Waals surface area contributed by atoms with Crippen molar-refractivity contribution < 1.29 is 0 Å². The molecule has 3 aromatic rings. The lowest BCUT2D eigenvalue weighted by Crippen LogP contribution is -2.20. The van der Waals surface area contributed by atoms with Gasteiger partial charge in [0.25, 0.3) is 0 Å². The molecule has 0 radical (unpaired) electrons. The maximum absolute atomic E-state index is 2.26. The molecule has 0 heterocycles. The molecule has 1 unspecified atom stereocenters. The number of rotatable bonds is 3. The van der Waals surface area contributed by atoms with Crippen LogP contribution in [0.1, 0.15) is 5.56 Å². The molecule has 0 fully saturated rings. The minimum absolute atomic E-state index is 0. The predicted molar refractivity (Wildman–Crippen MR) is 101 cm³/mol. The summed E-state index contributed by atoms with van der Waals surface area (Å²) in [4.78, 5) is 0. The van der Waals surface area contributed by atoms with Crippen molar-refractivity contribution in [2.75, 3.05) is 0 Å². The molecule has 0 aliphatic heterocycles. The second-order valence-electron chi connectivity index (χ2n) is 4.84. The predicted octanol–water partition coefficient (Wildman–Crippen LogP) is 3.81. The minimum Gasteiger partial charge on any atom is -0.153 e. The molecule has 0 N–H and O–H groups in total. The molecule has 0 bridgehead atoms. The zero-order valence-electron chi connectivity index (χ0n) is 12.2. The number of hydrogen-bond acceptors (Lipinski definition) is 0. The van der Waals surface area contributed by atoms with Crippen LogP contribution in [0.25, 0.3) is 0 Å².